The summed E-state index contributed by atoms with van der Waals surface area (Å²) < 4.78 is 16.1. The van der Waals surface area contributed by atoms with E-state index in [9.17, 15) is 29.1 Å². The van der Waals surface area contributed by atoms with E-state index in [-0.39, 0.29) is 54.5 Å². The molecule has 1 N–H and O–H groups in total. The molecule has 13 nitrogen and oxygen atoms in total. The molecule has 1 aliphatic heterocycles. The van der Waals surface area contributed by atoms with Gasteiger partial charge in [0.05, 0.1) is 43.3 Å². The number of phenolic OH excluding ortho intramolecular Hbond substituents is 1. The summed E-state index contributed by atoms with van der Waals surface area (Å²) in [4.78, 5) is 74.9. The SMILES string of the molecule is COc1cc2nc(CCn3c(=O)n4n(c3=O)[C@@H]3C[C@@]5(C)C(=O)C(C)=C(C)C(=O)[C@@]5(C)[C@@H](c5ccc(O)c(C)c5)C3=CC4)c(=O)n(C)c2cc1OC. The summed E-state index contributed by atoms with van der Waals surface area (Å²) in [5.74, 6) is 0.0661. The maximum atomic E-state index is 14.4. The van der Waals surface area contributed by atoms with Crippen LogP contribution in [-0.4, -0.2) is 54.4 Å². The third kappa shape index (κ3) is 4.52. The van der Waals surface area contributed by atoms with Gasteiger partial charge < -0.3 is 19.1 Å². The molecule has 4 aromatic rings. The number of rotatable bonds is 6. The summed E-state index contributed by atoms with van der Waals surface area (Å²) in [6.45, 7) is 8.72. The monoisotopic (exact) mass is 695 g/mol. The number of aromatic hydroxyl groups is 1. The Kier molecular flexibility index (Phi) is 7.70. The molecular formula is C38H41N5O8. The van der Waals surface area contributed by atoms with Gasteiger partial charge in [-0.2, -0.15) is 0 Å². The number of Topliss-reactive ketones (excluding diaryl/α,β-unsaturated/α-hetero) is 2. The molecule has 2 aromatic carbocycles. The van der Waals surface area contributed by atoms with Crippen molar-refractivity contribution in [3.05, 3.63) is 101 Å². The number of carbonyl (C=O) groups excluding carboxylic acids is 2. The second-order valence-electron chi connectivity index (χ2n) is 14.4. The van der Waals surface area contributed by atoms with Crippen molar-refractivity contribution in [1.29, 1.82) is 0 Å². The highest BCUT2D eigenvalue weighted by Gasteiger charge is 2.66. The summed E-state index contributed by atoms with van der Waals surface area (Å²) in [7, 11) is 4.62. The van der Waals surface area contributed by atoms with Crippen LogP contribution in [0.2, 0.25) is 0 Å². The minimum absolute atomic E-state index is 0.00250. The van der Waals surface area contributed by atoms with E-state index in [1.54, 1.807) is 59.0 Å². The van der Waals surface area contributed by atoms with Crippen molar-refractivity contribution in [3.8, 4) is 17.2 Å². The number of fused-ring (bicyclic) bond motifs is 5. The van der Waals surface area contributed by atoms with Crippen LogP contribution in [0, 0.1) is 17.8 Å². The number of allylic oxidation sites excluding steroid dienone is 4. The zero-order chi connectivity index (χ0) is 36.9. The average Bonchev–Trinajstić information content (AvgIpc) is 3.36. The van der Waals surface area contributed by atoms with Gasteiger partial charge in [-0.1, -0.05) is 32.1 Å². The van der Waals surface area contributed by atoms with Crippen LogP contribution in [-0.2, 0) is 36.1 Å². The molecule has 0 radical (unpaired) electrons. The Morgan fingerprint density at radius 1 is 0.922 bits per heavy atom. The lowest BCUT2D eigenvalue weighted by molar-refractivity contribution is -0.151. The molecule has 266 valence electrons. The van der Waals surface area contributed by atoms with Gasteiger partial charge in [-0.05, 0) is 61.1 Å². The summed E-state index contributed by atoms with van der Waals surface area (Å²) >= 11 is 0. The molecule has 0 spiro atoms. The molecular weight excluding hydrogens is 654 g/mol. The summed E-state index contributed by atoms with van der Waals surface area (Å²) in [5.41, 5.74) is 0.182. The van der Waals surface area contributed by atoms with Gasteiger partial charge >= 0.3 is 11.4 Å². The maximum Gasteiger partial charge on any atom is 0.347 e. The van der Waals surface area contributed by atoms with Gasteiger partial charge in [0.25, 0.3) is 5.56 Å². The van der Waals surface area contributed by atoms with E-state index in [1.165, 1.54) is 28.2 Å². The Morgan fingerprint density at radius 3 is 2.25 bits per heavy atom. The summed E-state index contributed by atoms with van der Waals surface area (Å²) in [6.07, 6.45) is 2.02. The Morgan fingerprint density at radius 2 is 1.59 bits per heavy atom. The van der Waals surface area contributed by atoms with Gasteiger partial charge in [-0.25, -0.2) is 28.5 Å². The van der Waals surface area contributed by atoms with Crippen LogP contribution in [0.25, 0.3) is 11.0 Å². The van der Waals surface area contributed by atoms with Crippen LogP contribution in [0.4, 0.5) is 0 Å². The van der Waals surface area contributed by atoms with E-state index in [0.29, 0.717) is 39.2 Å². The van der Waals surface area contributed by atoms with Crippen LogP contribution < -0.4 is 26.4 Å². The largest absolute Gasteiger partial charge is 0.508 e. The van der Waals surface area contributed by atoms with Gasteiger partial charge in [-0.15, -0.1) is 0 Å². The molecule has 13 heteroatoms. The van der Waals surface area contributed by atoms with E-state index >= 15 is 0 Å². The van der Waals surface area contributed by atoms with Gasteiger partial charge in [0.1, 0.15) is 11.4 Å². The van der Waals surface area contributed by atoms with Crippen molar-refractivity contribution < 1.29 is 24.2 Å². The van der Waals surface area contributed by atoms with Crippen molar-refractivity contribution in [2.75, 3.05) is 14.2 Å². The summed E-state index contributed by atoms with van der Waals surface area (Å²) in [6, 6.07) is 7.79. The molecule has 4 atom stereocenters. The van der Waals surface area contributed by atoms with Crippen molar-refractivity contribution in [1.82, 2.24) is 23.5 Å². The van der Waals surface area contributed by atoms with E-state index in [0.717, 1.165) is 15.7 Å². The molecule has 0 bridgehead atoms. The number of phenols is 1. The lowest BCUT2D eigenvalue weighted by atomic mass is 9.43. The van der Waals surface area contributed by atoms with Crippen LogP contribution in [0.1, 0.15) is 62.9 Å². The standard InChI is InChI=1S/C38H41N5O8/c1-19-15-22(9-10-28(19)44)31-23-11-14-42-35(48)41(13-12-24-34(47)40(6)26-17-30(51-8)29(50-7)16-25(26)39-24)36(49)43(42)27(23)18-37(4)32(45)20(2)21(3)33(46)38(31,37)5/h9-11,15-17,27,31,44H,12-14,18H2,1-8H3/t27-,31+,37+,38-/m1/s1. The van der Waals surface area contributed by atoms with Crippen LogP contribution in [0.15, 0.2) is 67.5 Å². The molecule has 3 heterocycles. The Balaban J connectivity index is 1.33. The van der Waals surface area contributed by atoms with Crippen LogP contribution in [0.5, 0.6) is 17.2 Å². The van der Waals surface area contributed by atoms with Gasteiger partial charge in [0.2, 0.25) is 0 Å². The first-order valence-corrected chi connectivity index (χ1v) is 16.9. The second-order valence-corrected chi connectivity index (χ2v) is 14.4. The highest BCUT2D eigenvalue weighted by atomic mass is 16.5. The molecule has 2 aliphatic carbocycles. The zero-order valence-corrected chi connectivity index (χ0v) is 30.0. The third-order valence-electron chi connectivity index (χ3n) is 12.0. The molecule has 51 heavy (non-hydrogen) atoms. The highest BCUT2D eigenvalue weighted by Crippen LogP contribution is 2.66. The first-order valence-electron chi connectivity index (χ1n) is 16.9. The predicted octanol–water partition coefficient (Wildman–Crippen LogP) is 3.50. The van der Waals surface area contributed by atoms with Crippen molar-refractivity contribution >= 4 is 22.6 Å². The lowest BCUT2D eigenvalue weighted by Gasteiger charge is -2.58. The lowest BCUT2D eigenvalue weighted by Crippen LogP contribution is -2.61. The average molecular weight is 696 g/mol. The first-order chi connectivity index (χ1) is 24.1. The fourth-order valence-electron chi connectivity index (χ4n) is 8.76. The minimum Gasteiger partial charge on any atom is -0.508 e. The van der Waals surface area contributed by atoms with Gasteiger partial charge in [0, 0.05) is 43.5 Å². The fourth-order valence-corrected chi connectivity index (χ4v) is 8.76. The predicted molar refractivity (Wildman–Crippen MR) is 189 cm³/mol. The number of ketones is 2. The smallest absolute Gasteiger partial charge is 0.347 e. The highest BCUT2D eigenvalue weighted by molar-refractivity contribution is 6.17. The normalized spacial score (nSPS) is 24.3. The Labute approximate surface area is 293 Å². The Hall–Kier alpha value is -5.46. The van der Waals surface area contributed by atoms with E-state index < -0.39 is 34.2 Å². The molecule has 0 unspecified atom stereocenters. The Bertz CT molecular complexity index is 2460. The molecule has 0 amide bonds. The molecule has 0 saturated heterocycles. The summed E-state index contributed by atoms with van der Waals surface area (Å²) in [5, 5.41) is 10.4. The van der Waals surface area contributed by atoms with E-state index in [2.05, 4.69) is 4.98 Å². The molecule has 1 saturated carbocycles. The molecule has 1 fully saturated rings. The number of methoxy groups -OCH3 is 2. The van der Waals surface area contributed by atoms with Crippen molar-refractivity contribution in [2.45, 2.75) is 72.5 Å². The maximum absolute atomic E-state index is 14.4. The fraction of sp³-hybridized carbons (Fsp3) is 0.421. The van der Waals surface area contributed by atoms with Crippen LogP contribution in [0.3, 0.4) is 0 Å². The topological polar surface area (TPSA) is 157 Å². The number of carbonyl (C=O) groups is 2. The number of hydrogen-bond acceptors (Lipinski definition) is 9. The number of benzene rings is 2. The second kappa shape index (κ2) is 11.5. The minimum atomic E-state index is -1.23. The van der Waals surface area contributed by atoms with Crippen molar-refractivity contribution in [3.63, 3.8) is 0 Å². The van der Waals surface area contributed by atoms with Crippen molar-refractivity contribution in [2.24, 2.45) is 17.9 Å². The number of aromatic nitrogens is 5. The third-order valence-corrected chi connectivity index (χ3v) is 12.0. The first kappa shape index (κ1) is 34.0. The molecule has 3 aliphatic rings. The number of aryl methyl sites for hydroxylation is 3. The molecule has 2 aromatic heterocycles. The van der Waals surface area contributed by atoms with E-state index in [1.807, 2.05) is 19.1 Å². The zero-order valence-electron chi connectivity index (χ0n) is 30.0. The number of ether oxygens (including phenoxy) is 2. The van der Waals surface area contributed by atoms with Gasteiger partial charge in [0.15, 0.2) is 23.1 Å². The quantitative estimate of drug-likeness (QED) is 0.298. The van der Waals surface area contributed by atoms with Gasteiger partial charge in [-0.3, -0.25) is 14.4 Å². The number of hydrogen-bond donors (Lipinski definition) is 1. The van der Waals surface area contributed by atoms with E-state index in [4.69, 9.17) is 9.47 Å². The van der Waals surface area contributed by atoms with Crippen LogP contribution >= 0.6 is 0 Å². The molecule has 7 rings (SSSR count). The number of nitrogens with zero attached hydrogens (tertiary/aromatic N) is 5.